The van der Waals surface area contributed by atoms with Gasteiger partial charge in [0.15, 0.2) is 0 Å². The standard InChI is InChI=1S/C29H27Cl2NO5/c1-16(2)15-37-21-10-6-8-18(12-21)25-24(26(33)22-13-19(30)14-23(31)28(22)36-4)27(34)29(35)32(25)20-9-5-7-17(3)11-20/h5-14,16,25,33H,15H2,1-4H3/b26-24+. The number of halogens is 2. The summed E-state index contributed by atoms with van der Waals surface area (Å²) in [6, 6.07) is 16.4. The summed E-state index contributed by atoms with van der Waals surface area (Å²) in [7, 11) is 1.39. The number of Topliss-reactive ketones (excluding diaryl/α,β-unsaturated/α-hetero) is 1. The van der Waals surface area contributed by atoms with Crippen LogP contribution in [0, 0.1) is 12.8 Å². The molecule has 8 heteroatoms. The van der Waals surface area contributed by atoms with Gasteiger partial charge in [0.1, 0.15) is 17.3 Å². The Morgan fingerprint density at radius 3 is 2.46 bits per heavy atom. The molecule has 1 atom stereocenters. The number of hydrogen-bond acceptors (Lipinski definition) is 5. The van der Waals surface area contributed by atoms with E-state index in [1.807, 2.05) is 45.0 Å². The van der Waals surface area contributed by atoms with Crippen molar-refractivity contribution in [2.45, 2.75) is 26.8 Å². The van der Waals surface area contributed by atoms with E-state index in [9.17, 15) is 14.7 Å². The van der Waals surface area contributed by atoms with Crippen molar-refractivity contribution in [1.29, 1.82) is 0 Å². The second kappa shape index (κ2) is 10.9. The first-order chi connectivity index (χ1) is 17.6. The highest BCUT2D eigenvalue weighted by Crippen LogP contribution is 2.45. The number of methoxy groups -OCH3 is 1. The molecule has 37 heavy (non-hydrogen) atoms. The van der Waals surface area contributed by atoms with Crippen molar-refractivity contribution in [3.05, 3.63) is 93.0 Å². The van der Waals surface area contributed by atoms with Gasteiger partial charge in [0.05, 0.1) is 35.9 Å². The maximum Gasteiger partial charge on any atom is 0.300 e. The lowest BCUT2D eigenvalue weighted by Gasteiger charge is -2.26. The van der Waals surface area contributed by atoms with Crippen molar-refractivity contribution < 1.29 is 24.2 Å². The first kappa shape index (κ1) is 26.6. The van der Waals surface area contributed by atoms with Crippen molar-refractivity contribution in [2.75, 3.05) is 18.6 Å². The molecule has 1 unspecified atom stereocenters. The van der Waals surface area contributed by atoms with Crippen molar-refractivity contribution in [2.24, 2.45) is 5.92 Å². The van der Waals surface area contributed by atoms with E-state index in [1.165, 1.54) is 24.1 Å². The summed E-state index contributed by atoms with van der Waals surface area (Å²) in [5.74, 6) is -1.01. The quantitative estimate of drug-likeness (QED) is 0.199. The number of carbonyl (C=O) groups is 2. The first-order valence-electron chi connectivity index (χ1n) is 11.8. The second-order valence-corrected chi connectivity index (χ2v) is 10.1. The third kappa shape index (κ3) is 5.31. The summed E-state index contributed by atoms with van der Waals surface area (Å²) in [5, 5.41) is 11.9. The van der Waals surface area contributed by atoms with Crippen molar-refractivity contribution in [3.8, 4) is 11.5 Å². The van der Waals surface area contributed by atoms with Crippen LogP contribution in [0.2, 0.25) is 10.0 Å². The predicted octanol–water partition coefficient (Wildman–Crippen LogP) is 6.97. The number of ether oxygens (including phenoxy) is 2. The fourth-order valence-corrected chi connectivity index (χ4v) is 4.89. The van der Waals surface area contributed by atoms with Crippen LogP contribution >= 0.6 is 23.2 Å². The van der Waals surface area contributed by atoms with Crippen molar-refractivity contribution in [1.82, 2.24) is 0 Å². The van der Waals surface area contributed by atoms with Crippen molar-refractivity contribution >= 4 is 46.3 Å². The molecule has 6 nitrogen and oxygen atoms in total. The zero-order valence-corrected chi connectivity index (χ0v) is 22.4. The van der Waals surface area contributed by atoms with Crippen LogP contribution in [0.25, 0.3) is 5.76 Å². The lowest BCUT2D eigenvalue weighted by atomic mass is 9.94. The molecular formula is C29H27Cl2NO5. The number of aliphatic hydroxyl groups excluding tert-OH is 1. The molecule has 0 radical (unpaired) electrons. The summed E-state index contributed by atoms with van der Waals surface area (Å²) in [6.07, 6.45) is 0. The van der Waals surface area contributed by atoms with E-state index in [0.717, 1.165) is 5.56 Å². The molecule has 3 aromatic rings. The van der Waals surface area contributed by atoms with Crippen LogP contribution < -0.4 is 14.4 Å². The molecule has 3 aromatic carbocycles. The Balaban J connectivity index is 1.97. The molecule has 1 saturated heterocycles. The van der Waals surface area contributed by atoms with E-state index in [2.05, 4.69) is 0 Å². The number of ketones is 1. The Kier molecular flexibility index (Phi) is 7.81. The van der Waals surface area contributed by atoms with Crippen LogP contribution in [-0.2, 0) is 9.59 Å². The highest BCUT2D eigenvalue weighted by atomic mass is 35.5. The van der Waals surface area contributed by atoms with Gasteiger partial charge in [0.25, 0.3) is 11.7 Å². The van der Waals surface area contributed by atoms with Crippen LogP contribution in [0.1, 0.15) is 36.6 Å². The van der Waals surface area contributed by atoms with Crippen LogP contribution in [-0.4, -0.2) is 30.5 Å². The highest BCUT2D eigenvalue weighted by molar-refractivity contribution is 6.52. The number of aliphatic hydroxyl groups is 1. The van der Waals surface area contributed by atoms with E-state index < -0.39 is 23.5 Å². The lowest BCUT2D eigenvalue weighted by Crippen LogP contribution is -2.29. The Hall–Kier alpha value is -3.48. The number of nitrogens with zero attached hydrogens (tertiary/aromatic N) is 1. The number of benzene rings is 3. The monoisotopic (exact) mass is 539 g/mol. The minimum Gasteiger partial charge on any atom is -0.507 e. The van der Waals surface area contributed by atoms with E-state index in [4.69, 9.17) is 32.7 Å². The summed E-state index contributed by atoms with van der Waals surface area (Å²) >= 11 is 12.5. The average Bonchev–Trinajstić information content (AvgIpc) is 3.12. The molecule has 0 aliphatic carbocycles. The van der Waals surface area contributed by atoms with Gasteiger partial charge in [-0.2, -0.15) is 0 Å². The number of rotatable bonds is 7. The molecule has 1 aliphatic heterocycles. The normalized spacial score (nSPS) is 16.9. The molecule has 192 valence electrons. The average molecular weight is 540 g/mol. The molecular weight excluding hydrogens is 513 g/mol. The topological polar surface area (TPSA) is 76.1 Å². The molecule has 1 heterocycles. The maximum absolute atomic E-state index is 13.5. The van der Waals surface area contributed by atoms with Crippen LogP contribution in [0.4, 0.5) is 5.69 Å². The summed E-state index contributed by atoms with van der Waals surface area (Å²) in [5.41, 5.74) is 2.03. The SMILES string of the molecule is COc1c(Cl)cc(Cl)cc1/C(O)=C1\C(=O)C(=O)N(c2cccc(C)c2)C1c1cccc(OCC(C)C)c1. The second-order valence-electron chi connectivity index (χ2n) is 9.25. The minimum atomic E-state index is -0.938. The predicted molar refractivity (Wildman–Crippen MR) is 146 cm³/mol. The third-order valence-corrected chi connectivity index (χ3v) is 6.45. The zero-order valence-electron chi connectivity index (χ0n) is 20.9. The lowest BCUT2D eigenvalue weighted by molar-refractivity contribution is -0.132. The van der Waals surface area contributed by atoms with Gasteiger partial charge in [-0.15, -0.1) is 0 Å². The first-order valence-corrected chi connectivity index (χ1v) is 12.5. The number of anilines is 1. The molecule has 1 fully saturated rings. The van der Waals surface area contributed by atoms with Gasteiger partial charge in [-0.1, -0.05) is 61.3 Å². The molecule has 0 aromatic heterocycles. The molecule has 0 spiro atoms. The highest BCUT2D eigenvalue weighted by Gasteiger charge is 2.47. The summed E-state index contributed by atoms with van der Waals surface area (Å²) in [6.45, 7) is 6.48. The van der Waals surface area contributed by atoms with Gasteiger partial charge in [-0.3, -0.25) is 14.5 Å². The Bertz CT molecular complexity index is 1400. The van der Waals surface area contributed by atoms with E-state index in [1.54, 1.807) is 24.3 Å². The molecule has 1 aliphatic rings. The molecule has 0 bridgehead atoms. The number of aryl methyl sites for hydroxylation is 1. The summed E-state index contributed by atoms with van der Waals surface area (Å²) in [4.78, 5) is 28.3. The molecule has 0 saturated carbocycles. The van der Waals surface area contributed by atoms with Gasteiger partial charge in [-0.25, -0.2) is 0 Å². The Labute approximate surface area is 226 Å². The fourth-order valence-electron chi connectivity index (χ4n) is 4.32. The Morgan fingerprint density at radius 2 is 1.78 bits per heavy atom. The van der Waals surface area contributed by atoms with Gasteiger partial charge in [0, 0.05) is 10.7 Å². The van der Waals surface area contributed by atoms with Gasteiger partial charge >= 0.3 is 0 Å². The van der Waals surface area contributed by atoms with E-state index in [-0.39, 0.29) is 26.9 Å². The van der Waals surface area contributed by atoms with Gasteiger partial charge in [0.2, 0.25) is 0 Å². The van der Waals surface area contributed by atoms with E-state index in [0.29, 0.717) is 29.5 Å². The van der Waals surface area contributed by atoms with Crippen LogP contribution in [0.15, 0.2) is 66.2 Å². The van der Waals surface area contributed by atoms with E-state index >= 15 is 0 Å². The molecule has 1 N–H and O–H groups in total. The number of amides is 1. The van der Waals surface area contributed by atoms with Crippen molar-refractivity contribution in [3.63, 3.8) is 0 Å². The summed E-state index contributed by atoms with van der Waals surface area (Å²) < 4.78 is 11.3. The van der Waals surface area contributed by atoms with Crippen LogP contribution in [0.5, 0.6) is 11.5 Å². The largest absolute Gasteiger partial charge is 0.507 e. The minimum absolute atomic E-state index is 0.107. The zero-order chi connectivity index (χ0) is 26.9. The number of hydrogen-bond donors (Lipinski definition) is 1. The van der Waals surface area contributed by atoms with Gasteiger partial charge < -0.3 is 14.6 Å². The Morgan fingerprint density at radius 1 is 1.05 bits per heavy atom. The van der Waals surface area contributed by atoms with Crippen LogP contribution in [0.3, 0.4) is 0 Å². The number of carbonyl (C=O) groups excluding carboxylic acids is 2. The smallest absolute Gasteiger partial charge is 0.300 e. The third-order valence-electron chi connectivity index (χ3n) is 5.95. The van der Waals surface area contributed by atoms with Gasteiger partial charge in [-0.05, 0) is 60.4 Å². The fraction of sp³-hybridized carbons (Fsp3) is 0.241. The molecule has 1 amide bonds. The molecule has 4 rings (SSSR count). The maximum atomic E-state index is 13.5.